The van der Waals surface area contributed by atoms with Gasteiger partial charge in [0.25, 0.3) is 0 Å². The Morgan fingerprint density at radius 3 is 2.55 bits per heavy atom. The predicted molar refractivity (Wildman–Crippen MR) is 81.2 cm³/mol. The van der Waals surface area contributed by atoms with Crippen LogP contribution in [0.15, 0.2) is 41.0 Å². The number of nitriles is 2. The summed E-state index contributed by atoms with van der Waals surface area (Å²) in [6, 6.07) is 4.44. The van der Waals surface area contributed by atoms with Gasteiger partial charge in [-0.25, -0.2) is 4.98 Å². The molecule has 0 aromatic carbocycles. The van der Waals surface area contributed by atoms with Crippen LogP contribution in [0.5, 0.6) is 0 Å². The molecule has 0 saturated carbocycles. The fraction of sp³-hybridized carbons (Fsp3) is 0.222. The molecule has 0 amide bonds. The summed E-state index contributed by atoms with van der Waals surface area (Å²) in [4.78, 5) is 9.45. The molecule has 2 atom stereocenters. The zero-order valence-electron chi connectivity index (χ0n) is 12.3. The van der Waals surface area contributed by atoms with Crippen LogP contribution in [0.2, 0.25) is 0 Å². The highest BCUT2D eigenvalue weighted by atomic mass is 14.9. The first-order chi connectivity index (χ1) is 10.7. The summed E-state index contributed by atoms with van der Waals surface area (Å²) in [7, 11) is 0. The first kappa shape index (κ1) is 12.7. The molecule has 22 heavy (non-hydrogen) atoms. The van der Waals surface area contributed by atoms with E-state index in [9.17, 15) is 10.5 Å². The number of hydrogen-bond donors (Lipinski definition) is 0. The van der Waals surface area contributed by atoms with Crippen LogP contribution < -0.4 is 0 Å². The summed E-state index contributed by atoms with van der Waals surface area (Å²) in [5.41, 5.74) is 6.75. The highest BCUT2D eigenvalue weighted by Crippen LogP contribution is 2.54. The number of allylic oxidation sites excluding steroid dienone is 8. The Bertz CT molecular complexity index is 929. The molecule has 4 nitrogen and oxygen atoms in total. The lowest BCUT2D eigenvalue weighted by Gasteiger charge is -2.27. The topological polar surface area (TPSA) is 73.4 Å². The summed E-state index contributed by atoms with van der Waals surface area (Å²) < 4.78 is 0. The number of fused-ring (bicyclic) bond motifs is 3. The number of rotatable bonds is 0. The molecule has 0 aliphatic heterocycles. The molecule has 0 fully saturated rings. The fourth-order valence-corrected chi connectivity index (χ4v) is 3.51. The molecule has 0 radical (unpaired) electrons. The maximum absolute atomic E-state index is 9.39. The van der Waals surface area contributed by atoms with Gasteiger partial charge in [0.15, 0.2) is 0 Å². The summed E-state index contributed by atoms with van der Waals surface area (Å²) >= 11 is 0. The highest BCUT2D eigenvalue weighted by Gasteiger charge is 2.44. The van der Waals surface area contributed by atoms with E-state index in [2.05, 4.69) is 12.1 Å². The second kappa shape index (κ2) is 4.26. The van der Waals surface area contributed by atoms with Crippen molar-refractivity contribution in [2.24, 2.45) is 5.92 Å². The molecule has 104 valence electrons. The third-order valence-corrected chi connectivity index (χ3v) is 4.65. The molecule has 4 rings (SSSR count). The summed E-state index contributed by atoms with van der Waals surface area (Å²) in [5, 5.41) is 18.8. The largest absolute Gasteiger partial charge is 0.253 e. The van der Waals surface area contributed by atoms with Crippen LogP contribution in [0.25, 0.3) is 5.57 Å². The third kappa shape index (κ3) is 1.44. The standard InChI is InChI=1S/C18H12N4/c1-9-10(2)22-18-14-6-4-12(8-20)15-11(7-19)3-5-13(16(14)15)17(18)21-9/h3-6,13,16H,1-2H3. The summed E-state index contributed by atoms with van der Waals surface area (Å²) in [5.74, 6) is 0.0627. The first-order valence-corrected chi connectivity index (χ1v) is 7.16. The SMILES string of the molecule is Cc1nc2c(nc1C)C1C=CC(C#N)=C3C(C#N)=CC=C2C31. The smallest absolute Gasteiger partial charge is 0.0995 e. The van der Waals surface area contributed by atoms with E-state index in [4.69, 9.17) is 9.97 Å². The minimum atomic E-state index is -0.00417. The Morgan fingerprint density at radius 1 is 1.05 bits per heavy atom. The zero-order chi connectivity index (χ0) is 15.4. The van der Waals surface area contributed by atoms with Crippen LogP contribution in [0.4, 0.5) is 0 Å². The van der Waals surface area contributed by atoms with Crippen molar-refractivity contribution in [1.29, 1.82) is 10.5 Å². The molecule has 0 N–H and O–H groups in total. The lowest BCUT2D eigenvalue weighted by atomic mass is 9.74. The molecule has 1 heterocycles. The van der Waals surface area contributed by atoms with Crippen molar-refractivity contribution in [2.45, 2.75) is 19.8 Å². The van der Waals surface area contributed by atoms with E-state index >= 15 is 0 Å². The minimum absolute atomic E-state index is 0.00417. The average molecular weight is 284 g/mol. The number of nitrogens with zero attached hydrogens (tertiary/aromatic N) is 4. The average Bonchev–Trinajstić information content (AvgIpc) is 2.83. The van der Waals surface area contributed by atoms with E-state index in [0.29, 0.717) is 11.1 Å². The van der Waals surface area contributed by atoms with Gasteiger partial charge in [-0.1, -0.05) is 12.2 Å². The quantitative estimate of drug-likeness (QED) is 0.734. The van der Waals surface area contributed by atoms with Gasteiger partial charge in [0.2, 0.25) is 0 Å². The monoisotopic (exact) mass is 284 g/mol. The van der Waals surface area contributed by atoms with Gasteiger partial charge in [-0.2, -0.15) is 10.5 Å². The maximum atomic E-state index is 9.39. The van der Waals surface area contributed by atoms with Gasteiger partial charge in [0.05, 0.1) is 46.1 Å². The molecule has 0 saturated heterocycles. The van der Waals surface area contributed by atoms with Gasteiger partial charge in [0.1, 0.15) is 0 Å². The van der Waals surface area contributed by atoms with Crippen molar-refractivity contribution in [3.05, 3.63) is 63.8 Å². The predicted octanol–water partition coefficient (Wildman–Crippen LogP) is 3.04. The van der Waals surface area contributed by atoms with Crippen molar-refractivity contribution >= 4 is 5.57 Å². The minimum Gasteiger partial charge on any atom is -0.253 e. The van der Waals surface area contributed by atoms with Gasteiger partial charge < -0.3 is 0 Å². The molecule has 3 aliphatic carbocycles. The maximum Gasteiger partial charge on any atom is 0.0995 e. The number of hydrogen-bond acceptors (Lipinski definition) is 4. The Kier molecular flexibility index (Phi) is 2.46. The van der Waals surface area contributed by atoms with Crippen LogP contribution >= 0.6 is 0 Å². The normalized spacial score (nSPS) is 24.0. The molecule has 1 aromatic rings. The van der Waals surface area contributed by atoms with E-state index in [1.807, 2.05) is 32.1 Å². The third-order valence-electron chi connectivity index (χ3n) is 4.65. The van der Waals surface area contributed by atoms with Crippen molar-refractivity contribution in [2.75, 3.05) is 0 Å². The fourth-order valence-electron chi connectivity index (χ4n) is 3.51. The molecule has 0 bridgehead atoms. The van der Waals surface area contributed by atoms with Crippen molar-refractivity contribution in [3.63, 3.8) is 0 Å². The van der Waals surface area contributed by atoms with E-state index in [1.165, 1.54) is 0 Å². The molecular weight excluding hydrogens is 272 g/mol. The molecular formula is C18H12N4. The van der Waals surface area contributed by atoms with Gasteiger partial charge in [0, 0.05) is 11.8 Å². The van der Waals surface area contributed by atoms with Crippen LogP contribution in [0.1, 0.15) is 28.7 Å². The van der Waals surface area contributed by atoms with Crippen LogP contribution in [0.3, 0.4) is 0 Å². The lowest BCUT2D eigenvalue weighted by Crippen LogP contribution is -2.17. The molecule has 1 aromatic heterocycles. The van der Waals surface area contributed by atoms with E-state index < -0.39 is 0 Å². The Labute approximate surface area is 128 Å². The number of aromatic nitrogens is 2. The van der Waals surface area contributed by atoms with Gasteiger partial charge in [-0.3, -0.25) is 4.98 Å². The van der Waals surface area contributed by atoms with E-state index in [0.717, 1.165) is 33.9 Å². The number of aryl methyl sites for hydroxylation is 2. The van der Waals surface area contributed by atoms with Crippen LogP contribution in [-0.4, -0.2) is 9.97 Å². The van der Waals surface area contributed by atoms with Crippen LogP contribution in [-0.2, 0) is 0 Å². The summed E-state index contributed by atoms with van der Waals surface area (Å²) in [6.07, 6.45) is 7.59. The Balaban J connectivity index is 2.04. The zero-order valence-corrected chi connectivity index (χ0v) is 12.3. The van der Waals surface area contributed by atoms with Gasteiger partial charge in [-0.05, 0) is 37.1 Å². The van der Waals surface area contributed by atoms with Gasteiger partial charge >= 0.3 is 0 Å². The molecule has 0 spiro atoms. The molecule has 2 unspecified atom stereocenters. The second-order valence-electron chi connectivity index (χ2n) is 5.74. The van der Waals surface area contributed by atoms with E-state index in [1.54, 1.807) is 6.08 Å². The Morgan fingerprint density at radius 2 is 1.82 bits per heavy atom. The van der Waals surface area contributed by atoms with Crippen molar-refractivity contribution < 1.29 is 0 Å². The lowest BCUT2D eigenvalue weighted by molar-refractivity contribution is 0.692. The van der Waals surface area contributed by atoms with E-state index in [-0.39, 0.29) is 11.8 Å². The summed E-state index contributed by atoms with van der Waals surface area (Å²) in [6.45, 7) is 3.92. The first-order valence-electron chi connectivity index (χ1n) is 7.16. The van der Waals surface area contributed by atoms with Crippen LogP contribution in [0, 0.1) is 42.4 Å². The highest BCUT2D eigenvalue weighted by molar-refractivity contribution is 5.83. The Hall–Kier alpha value is -2.98. The second-order valence-corrected chi connectivity index (χ2v) is 5.74. The van der Waals surface area contributed by atoms with Gasteiger partial charge in [-0.15, -0.1) is 0 Å². The van der Waals surface area contributed by atoms with Crippen molar-refractivity contribution in [3.8, 4) is 12.1 Å². The molecule has 3 aliphatic rings. The molecule has 4 heteroatoms. The van der Waals surface area contributed by atoms with Crippen molar-refractivity contribution in [1.82, 2.24) is 9.97 Å².